The molecule has 2 aliphatic rings. The van der Waals surface area contributed by atoms with Gasteiger partial charge in [0, 0.05) is 18.3 Å². The van der Waals surface area contributed by atoms with Crippen molar-refractivity contribution in [1.82, 2.24) is 5.32 Å². The van der Waals surface area contributed by atoms with Crippen LogP contribution >= 0.6 is 0 Å². The van der Waals surface area contributed by atoms with Gasteiger partial charge in [-0.25, -0.2) is 0 Å². The topological polar surface area (TPSA) is 24.1 Å². The predicted molar refractivity (Wildman–Crippen MR) is 63.4 cm³/mol. The van der Waals surface area contributed by atoms with Crippen molar-refractivity contribution >= 4 is 5.69 Å². The van der Waals surface area contributed by atoms with Crippen LogP contribution in [0.3, 0.4) is 0 Å². The largest absolute Gasteiger partial charge is 0.384 e. The molecule has 2 nitrogen and oxygen atoms in total. The molecule has 0 spiro atoms. The third-order valence-corrected chi connectivity index (χ3v) is 3.52. The quantitative estimate of drug-likeness (QED) is 0.766. The van der Waals surface area contributed by atoms with Crippen LogP contribution in [0, 0.1) is 0 Å². The molecular formula is C13H18N2. The van der Waals surface area contributed by atoms with Crippen LogP contribution in [0.2, 0.25) is 0 Å². The summed E-state index contributed by atoms with van der Waals surface area (Å²) in [5.74, 6) is 0. The number of fused-ring (bicyclic) bond motifs is 1. The van der Waals surface area contributed by atoms with Gasteiger partial charge in [-0.05, 0) is 49.4 Å². The van der Waals surface area contributed by atoms with E-state index in [1.165, 1.54) is 49.0 Å². The summed E-state index contributed by atoms with van der Waals surface area (Å²) in [4.78, 5) is 0. The van der Waals surface area contributed by atoms with Gasteiger partial charge in [0.25, 0.3) is 0 Å². The highest BCUT2D eigenvalue weighted by Crippen LogP contribution is 2.24. The Labute approximate surface area is 91.1 Å². The van der Waals surface area contributed by atoms with Gasteiger partial charge in [-0.3, -0.25) is 0 Å². The first-order valence-corrected chi connectivity index (χ1v) is 6.01. The van der Waals surface area contributed by atoms with Gasteiger partial charge in [0.1, 0.15) is 0 Å². The van der Waals surface area contributed by atoms with E-state index in [1.54, 1.807) is 0 Å². The molecule has 0 saturated carbocycles. The van der Waals surface area contributed by atoms with Crippen molar-refractivity contribution in [2.75, 3.05) is 18.4 Å². The highest BCUT2D eigenvalue weighted by Gasteiger charge is 2.16. The average Bonchev–Trinajstić information content (AvgIpc) is 2.87. The van der Waals surface area contributed by atoms with Crippen LogP contribution in [0.5, 0.6) is 0 Å². The van der Waals surface area contributed by atoms with Crippen molar-refractivity contribution < 1.29 is 0 Å². The number of benzene rings is 1. The molecule has 3 rings (SSSR count). The molecule has 80 valence electrons. The highest BCUT2D eigenvalue weighted by molar-refractivity contribution is 5.56. The Morgan fingerprint density at radius 3 is 3.13 bits per heavy atom. The van der Waals surface area contributed by atoms with E-state index in [9.17, 15) is 0 Å². The molecule has 0 aliphatic carbocycles. The molecule has 1 atom stereocenters. The third-order valence-electron chi connectivity index (χ3n) is 3.52. The van der Waals surface area contributed by atoms with Crippen molar-refractivity contribution in [3.05, 3.63) is 29.3 Å². The van der Waals surface area contributed by atoms with Crippen LogP contribution in [0.15, 0.2) is 18.2 Å². The minimum Gasteiger partial charge on any atom is -0.384 e. The molecule has 1 aromatic rings. The Hall–Kier alpha value is -1.02. The summed E-state index contributed by atoms with van der Waals surface area (Å²) in [6.45, 7) is 2.32. The van der Waals surface area contributed by atoms with Gasteiger partial charge < -0.3 is 10.6 Å². The standard InChI is InChI=1S/C13H18N2/c1-2-12(14-6-1)9-10-3-4-13-11(8-10)5-7-15-13/h3-4,8,12,14-15H,1-2,5-7,9H2. The Kier molecular flexibility index (Phi) is 2.37. The minimum absolute atomic E-state index is 0.720. The second-order valence-corrected chi connectivity index (χ2v) is 4.67. The van der Waals surface area contributed by atoms with E-state index in [4.69, 9.17) is 0 Å². The fraction of sp³-hybridized carbons (Fsp3) is 0.538. The molecule has 2 N–H and O–H groups in total. The van der Waals surface area contributed by atoms with E-state index >= 15 is 0 Å². The molecule has 1 aromatic carbocycles. The molecular weight excluding hydrogens is 184 g/mol. The number of anilines is 1. The first-order valence-electron chi connectivity index (χ1n) is 6.01. The lowest BCUT2D eigenvalue weighted by Gasteiger charge is -2.11. The molecule has 2 heterocycles. The fourth-order valence-corrected chi connectivity index (χ4v) is 2.70. The SMILES string of the molecule is c1cc2c(cc1CC1CCCN1)CCN2. The summed E-state index contributed by atoms with van der Waals surface area (Å²) in [5, 5.41) is 6.96. The summed E-state index contributed by atoms with van der Waals surface area (Å²) in [7, 11) is 0. The predicted octanol–water partition coefficient (Wildman–Crippen LogP) is 1.95. The second-order valence-electron chi connectivity index (χ2n) is 4.67. The van der Waals surface area contributed by atoms with E-state index in [1.807, 2.05) is 0 Å². The van der Waals surface area contributed by atoms with Crippen molar-refractivity contribution in [1.29, 1.82) is 0 Å². The summed E-state index contributed by atoms with van der Waals surface area (Å²) in [5.41, 5.74) is 4.35. The maximum atomic E-state index is 3.56. The van der Waals surface area contributed by atoms with Crippen LogP contribution in [0.4, 0.5) is 5.69 Å². The Morgan fingerprint density at radius 1 is 1.27 bits per heavy atom. The molecule has 1 fully saturated rings. The minimum atomic E-state index is 0.720. The lowest BCUT2D eigenvalue weighted by atomic mass is 10.0. The van der Waals surface area contributed by atoms with Gasteiger partial charge in [0.2, 0.25) is 0 Å². The lowest BCUT2D eigenvalue weighted by Crippen LogP contribution is -2.23. The molecule has 2 heteroatoms. The second kappa shape index (κ2) is 3.86. The zero-order valence-electron chi connectivity index (χ0n) is 9.05. The number of hydrogen-bond acceptors (Lipinski definition) is 2. The van der Waals surface area contributed by atoms with E-state index in [0.29, 0.717) is 0 Å². The van der Waals surface area contributed by atoms with E-state index < -0.39 is 0 Å². The van der Waals surface area contributed by atoms with Crippen LogP contribution in [-0.2, 0) is 12.8 Å². The van der Waals surface area contributed by atoms with Gasteiger partial charge in [-0.15, -0.1) is 0 Å². The first kappa shape index (κ1) is 9.22. The monoisotopic (exact) mass is 202 g/mol. The highest BCUT2D eigenvalue weighted by atomic mass is 14.9. The molecule has 0 aromatic heterocycles. The molecule has 1 saturated heterocycles. The zero-order valence-corrected chi connectivity index (χ0v) is 9.05. The van der Waals surface area contributed by atoms with Gasteiger partial charge in [-0.2, -0.15) is 0 Å². The maximum absolute atomic E-state index is 3.56. The van der Waals surface area contributed by atoms with Crippen LogP contribution in [0.1, 0.15) is 24.0 Å². The van der Waals surface area contributed by atoms with E-state index in [2.05, 4.69) is 28.8 Å². The van der Waals surface area contributed by atoms with Crippen LogP contribution in [-0.4, -0.2) is 19.1 Å². The van der Waals surface area contributed by atoms with Gasteiger partial charge in [0.05, 0.1) is 0 Å². The van der Waals surface area contributed by atoms with Crippen LogP contribution < -0.4 is 10.6 Å². The fourth-order valence-electron chi connectivity index (χ4n) is 2.70. The van der Waals surface area contributed by atoms with Gasteiger partial charge in [-0.1, -0.05) is 12.1 Å². The molecule has 0 amide bonds. The molecule has 15 heavy (non-hydrogen) atoms. The Bertz CT molecular complexity index is 354. The average molecular weight is 202 g/mol. The van der Waals surface area contributed by atoms with Gasteiger partial charge >= 0.3 is 0 Å². The summed E-state index contributed by atoms with van der Waals surface area (Å²) < 4.78 is 0. The molecule has 1 unspecified atom stereocenters. The molecule has 0 radical (unpaired) electrons. The number of rotatable bonds is 2. The normalized spacial score (nSPS) is 23.9. The van der Waals surface area contributed by atoms with E-state index in [-0.39, 0.29) is 0 Å². The maximum Gasteiger partial charge on any atom is 0.0373 e. The number of hydrogen-bond donors (Lipinski definition) is 2. The van der Waals surface area contributed by atoms with Crippen LogP contribution in [0.25, 0.3) is 0 Å². The van der Waals surface area contributed by atoms with Crippen molar-refractivity contribution in [3.63, 3.8) is 0 Å². The molecule has 2 aliphatic heterocycles. The summed E-state index contributed by atoms with van der Waals surface area (Å²) in [6, 6.07) is 7.62. The summed E-state index contributed by atoms with van der Waals surface area (Å²) in [6.07, 6.45) is 5.08. The van der Waals surface area contributed by atoms with Crippen molar-refractivity contribution in [2.45, 2.75) is 31.7 Å². The Balaban J connectivity index is 1.75. The smallest absolute Gasteiger partial charge is 0.0373 e. The zero-order chi connectivity index (χ0) is 10.1. The first-order chi connectivity index (χ1) is 7.42. The van der Waals surface area contributed by atoms with Gasteiger partial charge in [0.15, 0.2) is 0 Å². The third kappa shape index (κ3) is 1.86. The van der Waals surface area contributed by atoms with E-state index in [0.717, 1.165) is 12.6 Å². The number of nitrogens with one attached hydrogen (secondary N) is 2. The lowest BCUT2D eigenvalue weighted by molar-refractivity contribution is 0.603. The van der Waals surface area contributed by atoms with Crippen molar-refractivity contribution in [2.24, 2.45) is 0 Å². The summed E-state index contributed by atoms with van der Waals surface area (Å²) >= 11 is 0. The van der Waals surface area contributed by atoms with Crippen molar-refractivity contribution in [3.8, 4) is 0 Å². The molecule has 0 bridgehead atoms. The Morgan fingerprint density at radius 2 is 2.27 bits per heavy atom.